The van der Waals surface area contributed by atoms with Gasteiger partial charge in [-0.2, -0.15) is 26.3 Å². The van der Waals surface area contributed by atoms with Gasteiger partial charge >= 0.3 is 12.4 Å². The molecule has 4 aliphatic rings. The number of amides is 2. The van der Waals surface area contributed by atoms with Gasteiger partial charge in [0.2, 0.25) is 11.8 Å². The van der Waals surface area contributed by atoms with E-state index in [1.165, 1.54) is 18.7 Å². The molecule has 0 radical (unpaired) electrons. The third-order valence-electron chi connectivity index (χ3n) is 10.9. The minimum absolute atomic E-state index is 0.0698. The number of hydrogen-bond acceptors (Lipinski definition) is 2. The molecule has 1 heterocycles. The summed E-state index contributed by atoms with van der Waals surface area (Å²) in [6.45, 7) is 5.82. The topological polar surface area (TPSA) is 58.2 Å². The highest BCUT2D eigenvalue weighted by atomic mass is 19.4. The second-order valence-corrected chi connectivity index (χ2v) is 13.0. The van der Waals surface area contributed by atoms with Gasteiger partial charge in [-0.15, -0.1) is 0 Å². The molecule has 39 heavy (non-hydrogen) atoms. The molecule has 3 saturated carbocycles. The summed E-state index contributed by atoms with van der Waals surface area (Å²) >= 11 is 0. The van der Waals surface area contributed by atoms with Crippen LogP contribution in [-0.4, -0.2) is 30.2 Å². The predicted molar refractivity (Wildman–Crippen MR) is 132 cm³/mol. The largest absolute Gasteiger partial charge is 0.424 e. The second-order valence-electron chi connectivity index (χ2n) is 13.0. The number of benzene rings is 1. The molecule has 1 aliphatic heterocycles. The Labute approximate surface area is 224 Å². The quantitative estimate of drug-likeness (QED) is 0.326. The number of carbonyl (C=O) groups is 2. The van der Waals surface area contributed by atoms with E-state index in [2.05, 4.69) is 12.2 Å². The molecule has 216 valence electrons. The van der Waals surface area contributed by atoms with Crippen LogP contribution in [0.15, 0.2) is 24.3 Å². The van der Waals surface area contributed by atoms with E-state index in [-0.39, 0.29) is 23.8 Å². The van der Waals surface area contributed by atoms with Gasteiger partial charge in [0.1, 0.15) is 5.92 Å². The van der Waals surface area contributed by atoms with Crippen LogP contribution in [0.3, 0.4) is 0 Å². The normalized spacial score (nSPS) is 36.8. The molecule has 0 bridgehead atoms. The Kier molecular flexibility index (Phi) is 6.62. The van der Waals surface area contributed by atoms with E-state index in [9.17, 15) is 35.9 Å². The molecular weight excluding hydrogens is 522 g/mol. The zero-order valence-electron chi connectivity index (χ0n) is 22.4. The van der Waals surface area contributed by atoms with Crippen molar-refractivity contribution >= 4 is 11.8 Å². The van der Waals surface area contributed by atoms with Crippen molar-refractivity contribution in [2.45, 2.75) is 96.1 Å². The zero-order chi connectivity index (χ0) is 28.6. The van der Waals surface area contributed by atoms with Crippen LogP contribution in [0.1, 0.15) is 76.3 Å². The first-order valence-corrected chi connectivity index (χ1v) is 13.9. The summed E-state index contributed by atoms with van der Waals surface area (Å²) in [5.41, 5.74) is -5.66. The Morgan fingerprint density at radius 2 is 1.56 bits per heavy atom. The van der Waals surface area contributed by atoms with Crippen molar-refractivity contribution in [1.29, 1.82) is 0 Å². The minimum atomic E-state index is -5.90. The van der Waals surface area contributed by atoms with Crippen LogP contribution in [0, 0.1) is 41.4 Å². The molecule has 1 saturated heterocycles. The van der Waals surface area contributed by atoms with Crippen LogP contribution < -0.4 is 10.6 Å². The summed E-state index contributed by atoms with van der Waals surface area (Å²) in [6, 6.07) is 3.46. The van der Waals surface area contributed by atoms with Gasteiger partial charge in [0.25, 0.3) is 5.54 Å². The molecule has 1 aromatic carbocycles. The van der Waals surface area contributed by atoms with E-state index in [0.717, 1.165) is 56.4 Å². The fourth-order valence-electron chi connectivity index (χ4n) is 8.77. The molecule has 5 rings (SSSR count). The first kappa shape index (κ1) is 28.3. The fraction of sp³-hybridized carbons (Fsp3) is 0.724. The molecule has 3 aliphatic carbocycles. The Balaban J connectivity index is 1.47. The van der Waals surface area contributed by atoms with E-state index in [1.54, 1.807) is 0 Å². The average molecular weight is 559 g/mol. The van der Waals surface area contributed by atoms with Gasteiger partial charge in [0, 0.05) is 6.04 Å². The summed E-state index contributed by atoms with van der Waals surface area (Å²) in [6.07, 6.45) is -4.92. The van der Waals surface area contributed by atoms with Crippen molar-refractivity contribution < 1.29 is 35.9 Å². The van der Waals surface area contributed by atoms with Crippen LogP contribution in [0.5, 0.6) is 0 Å². The number of rotatable bonds is 3. The Morgan fingerprint density at radius 3 is 2.18 bits per heavy atom. The second kappa shape index (κ2) is 9.13. The lowest BCUT2D eigenvalue weighted by molar-refractivity contribution is -0.312. The standard InChI is InChI=1S/C29H36F6N2O2/c1-16-6-8-17(9-7-16)27(28(30,31)32,29(33,34)35)37-24(39)19-15-26(3)21-12-14-25(2)13-4-5-20(25)18(21)10-11-22(26)36-23(19)38/h6-9,18-22H,4-5,10-15H2,1-3H3,(H,36,38)(H,37,39)/t18-,19?,20-,21+,22?,25-,26+/m0/s1. The highest BCUT2D eigenvalue weighted by Gasteiger charge is 2.73. The van der Waals surface area contributed by atoms with Gasteiger partial charge in [0.05, 0.1) is 0 Å². The average Bonchev–Trinajstić information content (AvgIpc) is 3.23. The number of fused-ring (bicyclic) bond motifs is 5. The summed E-state index contributed by atoms with van der Waals surface area (Å²) in [7, 11) is 0. The number of piperidine rings is 1. The van der Waals surface area contributed by atoms with Gasteiger partial charge in [0.15, 0.2) is 0 Å². The molecule has 7 atom stereocenters. The Morgan fingerprint density at radius 1 is 0.923 bits per heavy atom. The molecule has 0 spiro atoms. The lowest BCUT2D eigenvalue weighted by atomic mass is 9.47. The van der Waals surface area contributed by atoms with E-state index in [1.807, 2.05) is 6.92 Å². The van der Waals surface area contributed by atoms with E-state index >= 15 is 0 Å². The van der Waals surface area contributed by atoms with Crippen LogP contribution in [0.25, 0.3) is 0 Å². The van der Waals surface area contributed by atoms with Crippen LogP contribution >= 0.6 is 0 Å². The van der Waals surface area contributed by atoms with Gasteiger partial charge in [-0.3, -0.25) is 9.59 Å². The zero-order valence-corrected chi connectivity index (χ0v) is 22.4. The number of alkyl halides is 6. The van der Waals surface area contributed by atoms with Crippen molar-refractivity contribution in [3.63, 3.8) is 0 Å². The Hall–Kier alpha value is -2.26. The molecule has 0 aromatic heterocycles. The maximum atomic E-state index is 14.4. The van der Waals surface area contributed by atoms with Crippen LogP contribution in [-0.2, 0) is 15.1 Å². The lowest BCUT2D eigenvalue weighted by Crippen LogP contribution is -2.68. The number of hydrogen-bond donors (Lipinski definition) is 2. The van der Waals surface area contributed by atoms with E-state index in [0.29, 0.717) is 23.8 Å². The predicted octanol–water partition coefficient (Wildman–Crippen LogP) is 6.57. The van der Waals surface area contributed by atoms with Crippen molar-refractivity contribution in [1.82, 2.24) is 10.6 Å². The number of carbonyl (C=O) groups excluding carboxylic acids is 2. The maximum Gasteiger partial charge on any atom is 0.424 e. The van der Waals surface area contributed by atoms with E-state index in [4.69, 9.17) is 0 Å². The molecule has 10 heteroatoms. The lowest BCUT2D eigenvalue weighted by Gasteiger charge is -2.60. The summed E-state index contributed by atoms with van der Waals surface area (Å²) in [4.78, 5) is 26.5. The molecule has 4 fully saturated rings. The maximum absolute atomic E-state index is 14.4. The van der Waals surface area contributed by atoms with Crippen molar-refractivity contribution in [2.75, 3.05) is 0 Å². The minimum Gasteiger partial charge on any atom is -0.352 e. The number of halogens is 6. The molecule has 2 N–H and O–H groups in total. The molecule has 4 nitrogen and oxygen atoms in total. The SMILES string of the molecule is Cc1ccc(C(NC(=O)C2C[C@@]3(C)C(CC[C@@H]4[C@H]3CC[C@]3(C)CCC[C@@H]43)NC2=O)(C(F)(F)F)C(F)(F)F)cc1. The van der Waals surface area contributed by atoms with E-state index < -0.39 is 46.6 Å². The first-order chi connectivity index (χ1) is 18.0. The molecule has 1 aromatic rings. The summed E-state index contributed by atoms with van der Waals surface area (Å²) in [5, 5.41) is 4.16. The highest BCUT2D eigenvalue weighted by Crippen LogP contribution is 2.64. The van der Waals surface area contributed by atoms with Crippen LogP contribution in [0.4, 0.5) is 26.3 Å². The molecular formula is C29H36F6N2O2. The smallest absolute Gasteiger partial charge is 0.352 e. The molecule has 2 amide bonds. The number of aryl methyl sites for hydroxylation is 1. The van der Waals surface area contributed by atoms with Gasteiger partial charge in [-0.05, 0) is 86.0 Å². The Bertz CT molecular complexity index is 1120. The third kappa shape index (κ3) is 4.26. The van der Waals surface area contributed by atoms with Crippen molar-refractivity contribution in [2.24, 2.45) is 34.5 Å². The van der Waals surface area contributed by atoms with Crippen molar-refractivity contribution in [3.05, 3.63) is 35.4 Å². The first-order valence-electron chi connectivity index (χ1n) is 13.9. The van der Waals surface area contributed by atoms with Crippen molar-refractivity contribution in [3.8, 4) is 0 Å². The summed E-state index contributed by atoms with van der Waals surface area (Å²) < 4.78 is 86.2. The monoisotopic (exact) mass is 558 g/mol. The fourth-order valence-corrected chi connectivity index (χ4v) is 8.77. The van der Waals surface area contributed by atoms with Gasteiger partial charge < -0.3 is 10.6 Å². The van der Waals surface area contributed by atoms with Crippen LogP contribution in [0.2, 0.25) is 0 Å². The van der Waals surface area contributed by atoms with Gasteiger partial charge in [-0.25, -0.2) is 0 Å². The highest BCUT2D eigenvalue weighted by molar-refractivity contribution is 6.01. The van der Waals surface area contributed by atoms with Gasteiger partial charge in [-0.1, -0.05) is 50.1 Å². The summed E-state index contributed by atoms with van der Waals surface area (Å²) in [5.74, 6) is -2.97. The number of nitrogens with one attached hydrogen (secondary N) is 2. The third-order valence-corrected chi connectivity index (χ3v) is 10.9. The molecule has 2 unspecified atom stereocenters.